The largest absolute Gasteiger partial charge is 0.492 e. The highest BCUT2D eigenvalue weighted by Crippen LogP contribution is 2.37. The summed E-state index contributed by atoms with van der Waals surface area (Å²) >= 11 is 2.04. The number of thioether (sulfide) groups is 1. The van der Waals surface area contributed by atoms with Crippen LogP contribution >= 0.6 is 11.8 Å². The summed E-state index contributed by atoms with van der Waals surface area (Å²) < 4.78 is 6.17. The van der Waals surface area contributed by atoms with Crippen molar-refractivity contribution in [2.45, 2.75) is 36.9 Å². The number of para-hydroxylation sites is 1. The van der Waals surface area contributed by atoms with E-state index in [0.717, 1.165) is 25.4 Å². The number of nitrogens with one attached hydrogen (secondary N) is 1. The third-order valence-corrected chi connectivity index (χ3v) is 5.35. The zero-order chi connectivity index (χ0) is 13.4. The Balaban J connectivity index is 1.63. The second-order valence-corrected chi connectivity index (χ2v) is 6.56. The van der Waals surface area contributed by atoms with Gasteiger partial charge in [-0.3, -0.25) is 0 Å². The van der Waals surface area contributed by atoms with Gasteiger partial charge in [0.05, 0.1) is 0 Å². The van der Waals surface area contributed by atoms with E-state index in [1.54, 1.807) is 0 Å². The van der Waals surface area contributed by atoms with Crippen LogP contribution in [0.15, 0.2) is 30.3 Å². The summed E-state index contributed by atoms with van der Waals surface area (Å²) in [5.74, 6) is 0.960. The van der Waals surface area contributed by atoms with Crippen molar-refractivity contribution in [3.8, 4) is 5.75 Å². The second-order valence-electron chi connectivity index (χ2n) is 5.29. The molecular formula is C16H25NOS. The molecule has 2 nitrogen and oxygen atoms in total. The van der Waals surface area contributed by atoms with Crippen LogP contribution in [0.2, 0.25) is 0 Å². The van der Waals surface area contributed by atoms with Crippen LogP contribution in [0.3, 0.4) is 0 Å². The van der Waals surface area contributed by atoms with E-state index in [0.29, 0.717) is 4.75 Å². The van der Waals surface area contributed by atoms with Crippen molar-refractivity contribution in [1.29, 1.82) is 0 Å². The van der Waals surface area contributed by atoms with Gasteiger partial charge in [0.2, 0.25) is 0 Å². The summed E-state index contributed by atoms with van der Waals surface area (Å²) in [4.78, 5) is 0. The van der Waals surface area contributed by atoms with Crippen molar-refractivity contribution in [3.05, 3.63) is 30.3 Å². The van der Waals surface area contributed by atoms with Gasteiger partial charge >= 0.3 is 0 Å². The normalized spacial score (nSPS) is 18.2. The first kappa shape index (κ1) is 14.7. The highest BCUT2D eigenvalue weighted by atomic mass is 32.2. The Morgan fingerprint density at radius 2 is 1.89 bits per heavy atom. The topological polar surface area (TPSA) is 21.3 Å². The minimum atomic E-state index is 0.477. The number of hydrogen-bond acceptors (Lipinski definition) is 3. The standard InChI is InChI=1S/C16H25NOS/c1-19-16(10-6-3-7-11-16)14-17-12-13-18-15-8-4-2-5-9-15/h2,4-5,8-9,17H,3,6-7,10-14H2,1H3. The zero-order valence-corrected chi connectivity index (χ0v) is 12.7. The van der Waals surface area contributed by atoms with Gasteiger partial charge in [0.1, 0.15) is 12.4 Å². The fraction of sp³-hybridized carbons (Fsp3) is 0.625. The molecule has 3 heteroatoms. The van der Waals surface area contributed by atoms with Crippen LogP contribution in [0.4, 0.5) is 0 Å². The molecule has 1 saturated carbocycles. The van der Waals surface area contributed by atoms with Gasteiger partial charge in [0, 0.05) is 17.8 Å². The first-order valence-electron chi connectivity index (χ1n) is 7.28. The van der Waals surface area contributed by atoms with Crippen molar-refractivity contribution >= 4 is 11.8 Å². The molecule has 1 N–H and O–H groups in total. The van der Waals surface area contributed by atoms with Crippen LogP contribution in [-0.4, -0.2) is 30.7 Å². The van der Waals surface area contributed by atoms with Crippen molar-refractivity contribution in [2.75, 3.05) is 26.0 Å². The Hall–Kier alpha value is -0.670. The predicted molar refractivity (Wildman–Crippen MR) is 84.1 cm³/mol. The lowest BCUT2D eigenvalue weighted by Crippen LogP contribution is -2.40. The zero-order valence-electron chi connectivity index (χ0n) is 11.9. The molecule has 106 valence electrons. The number of rotatable bonds is 7. The maximum Gasteiger partial charge on any atom is 0.119 e. The molecule has 0 atom stereocenters. The third-order valence-electron chi connectivity index (χ3n) is 3.94. The van der Waals surface area contributed by atoms with Crippen LogP contribution < -0.4 is 10.1 Å². The molecule has 0 aromatic heterocycles. The summed E-state index contributed by atoms with van der Waals surface area (Å²) in [7, 11) is 0. The average molecular weight is 279 g/mol. The van der Waals surface area contributed by atoms with Gasteiger partial charge < -0.3 is 10.1 Å². The van der Waals surface area contributed by atoms with Gasteiger partial charge in [-0.25, -0.2) is 0 Å². The summed E-state index contributed by atoms with van der Waals surface area (Å²) in [6, 6.07) is 10.0. The molecule has 0 radical (unpaired) electrons. The van der Waals surface area contributed by atoms with Crippen molar-refractivity contribution in [1.82, 2.24) is 5.32 Å². The monoisotopic (exact) mass is 279 g/mol. The lowest BCUT2D eigenvalue weighted by Gasteiger charge is -2.36. The highest BCUT2D eigenvalue weighted by Gasteiger charge is 2.30. The molecule has 0 unspecified atom stereocenters. The molecule has 0 aliphatic heterocycles. The molecule has 0 amide bonds. The molecule has 1 fully saturated rings. The van der Waals surface area contributed by atoms with E-state index in [-0.39, 0.29) is 0 Å². The van der Waals surface area contributed by atoms with E-state index < -0.39 is 0 Å². The van der Waals surface area contributed by atoms with Gasteiger partial charge in [-0.2, -0.15) is 11.8 Å². The molecule has 1 aliphatic rings. The van der Waals surface area contributed by atoms with Gasteiger partial charge in [-0.1, -0.05) is 37.5 Å². The van der Waals surface area contributed by atoms with E-state index in [1.807, 2.05) is 42.1 Å². The summed E-state index contributed by atoms with van der Waals surface area (Å²) in [5, 5.41) is 3.57. The summed E-state index contributed by atoms with van der Waals surface area (Å²) in [6.45, 7) is 2.79. The molecule has 19 heavy (non-hydrogen) atoms. The Morgan fingerprint density at radius 3 is 2.58 bits per heavy atom. The highest BCUT2D eigenvalue weighted by molar-refractivity contribution is 8.00. The smallest absolute Gasteiger partial charge is 0.119 e. The molecule has 0 heterocycles. The van der Waals surface area contributed by atoms with E-state index in [2.05, 4.69) is 11.6 Å². The maximum absolute atomic E-state index is 5.69. The van der Waals surface area contributed by atoms with E-state index >= 15 is 0 Å². The van der Waals surface area contributed by atoms with Crippen LogP contribution in [0.5, 0.6) is 5.75 Å². The SMILES string of the molecule is CSC1(CNCCOc2ccccc2)CCCCC1. The molecule has 0 spiro atoms. The van der Waals surface area contributed by atoms with Crippen LogP contribution in [0.25, 0.3) is 0 Å². The third kappa shape index (κ3) is 4.73. The fourth-order valence-corrected chi connectivity index (χ4v) is 3.67. The first-order valence-corrected chi connectivity index (χ1v) is 8.51. The molecule has 1 aliphatic carbocycles. The summed E-state index contributed by atoms with van der Waals surface area (Å²) in [5.41, 5.74) is 0. The molecule has 1 aromatic rings. The summed E-state index contributed by atoms with van der Waals surface area (Å²) in [6.07, 6.45) is 9.18. The molecule has 0 saturated heterocycles. The van der Waals surface area contributed by atoms with Crippen molar-refractivity contribution in [2.24, 2.45) is 0 Å². The molecular weight excluding hydrogens is 254 g/mol. The molecule has 1 aromatic carbocycles. The van der Waals surface area contributed by atoms with Gasteiger partial charge in [0.25, 0.3) is 0 Å². The van der Waals surface area contributed by atoms with E-state index in [9.17, 15) is 0 Å². The Labute approximate surface area is 121 Å². The van der Waals surface area contributed by atoms with E-state index in [4.69, 9.17) is 4.74 Å². The van der Waals surface area contributed by atoms with Crippen molar-refractivity contribution in [3.63, 3.8) is 0 Å². The number of hydrogen-bond donors (Lipinski definition) is 1. The van der Waals surface area contributed by atoms with Crippen LogP contribution in [0, 0.1) is 0 Å². The maximum atomic E-state index is 5.69. The van der Waals surface area contributed by atoms with Crippen LogP contribution in [-0.2, 0) is 0 Å². The van der Waals surface area contributed by atoms with E-state index in [1.165, 1.54) is 32.1 Å². The molecule has 2 rings (SSSR count). The lowest BCUT2D eigenvalue weighted by molar-refractivity contribution is 0.303. The second kappa shape index (κ2) is 7.81. The Morgan fingerprint density at radius 1 is 1.16 bits per heavy atom. The molecule has 0 bridgehead atoms. The Bertz CT molecular complexity index is 349. The quantitative estimate of drug-likeness (QED) is 0.769. The number of ether oxygens (including phenoxy) is 1. The van der Waals surface area contributed by atoms with Gasteiger partial charge in [0.15, 0.2) is 0 Å². The predicted octanol–water partition coefficient (Wildman–Crippen LogP) is 3.72. The lowest BCUT2D eigenvalue weighted by atomic mass is 9.88. The van der Waals surface area contributed by atoms with Crippen LogP contribution in [0.1, 0.15) is 32.1 Å². The van der Waals surface area contributed by atoms with Gasteiger partial charge in [-0.05, 0) is 31.2 Å². The van der Waals surface area contributed by atoms with Crippen molar-refractivity contribution < 1.29 is 4.74 Å². The van der Waals surface area contributed by atoms with Gasteiger partial charge in [-0.15, -0.1) is 0 Å². The minimum absolute atomic E-state index is 0.477. The average Bonchev–Trinajstić information content (AvgIpc) is 2.49. The minimum Gasteiger partial charge on any atom is -0.492 e. The fourth-order valence-electron chi connectivity index (χ4n) is 2.72. The Kier molecular flexibility index (Phi) is 6.05. The first-order chi connectivity index (χ1) is 9.35. The number of benzene rings is 1.